The van der Waals surface area contributed by atoms with Crippen molar-refractivity contribution in [3.63, 3.8) is 0 Å². The first-order valence-corrected chi connectivity index (χ1v) is 3.49. The van der Waals surface area contributed by atoms with Gasteiger partial charge in [0.2, 0.25) is 0 Å². The molecule has 1 heterocycles. The van der Waals surface area contributed by atoms with Crippen molar-refractivity contribution in [2.45, 2.75) is 0 Å². The first-order chi connectivity index (χ1) is 4.97. The van der Waals surface area contributed by atoms with Crippen molar-refractivity contribution < 1.29 is 4.74 Å². The molecule has 0 spiro atoms. The van der Waals surface area contributed by atoms with Crippen molar-refractivity contribution >= 4 is 5.90 Å². The van der Waals surface area contributed by atoms with E-state index >= 15 is 0 Å². The van der Waals surface area contributed by atoms with E-state index in [0.29, 0.717) is 5.92 Å². The summed E-state index contributed by atoms with van der Waals surface area (Å²) < 4.78 is 5.28. The molecule has 0 aromatic rings. The summed E-state index contributed by atoms with van der Waals surface area (Å²) in [5.74, 6) is 1.20. The molecule has 0 aromatic carbocycles. The van der Waals surface area contributed by atoms with E-state index in [9.17, 15) is 0 Å². The topological polar surface area (TPSA) is 21.6 Å². The summed E-state index contributed by atoms with van der Waals surface area (Å²) in [5, 5.41) is 0. The van der Waals surface area contributed by atoms with Crippen LogP contribution in [0.5, 0.6) is 0 Å². The summed E-state index contributed by atoms with van der Waals surface area (Å²) in [4.78, 5) is 4.21. The first kappa shape index (κ1) is 5.71. The van der Waals surface area contributed by atoms with Gasteiger partial charge >= 0.3 is 0 Å². The van der Waals surface area contributed by atoms with Crippen molar-refractivity contribution in [2.24, 2.45) is 10.9 Å². The number of ether oxygens (including phenoxy) is 1. The minimum Gasteiger partial charge on any atom is -0.478 e. The average molecular weight is 135 g/mol. The highest BCUT2D eigenvalue weighted by atomic mass is 16.5. The lowest BCUT2D eigenvalue weighted by atomic mass is 10.2. The fraction of sp³-hybridized carbons (Fsp3) is 0.375. The minimum absolute atomic E-state index is 0.322. The Morgan fingerprint density at radius 2 is 2.20 bits per heavy atom. The minimum atomic E-state index is 0.322. The highest BCUT2D eigenvalue weighted by molar-refractivity contribution is 5.84. The highest BCUT2D eigenvalue weighted by Crippen LogP contribution is 2.14. The summed E-state index contributed by atoms with van der Waals surface area (Å²) >= 11 is 0. The summed E-state index contributed by atoms with van der Waals surface area (Å²) in [7, 11) is 0. The van der Waals surface area contributed by atoms with Crippen LogP contribution in [0.2, 0.25) is 0 Å². The molecule has 2 nitrogen and oxygen atoms in total. The summed E-state index contributed by atoms with van der Waals surface area (Å²) in [6, 6.07) is 0. The lowest BCUT2D eigenvalue weighted by Gasteiger charge is -2.03. The molecule has 1 aliphatic carbocycles. The van der Waals surface area contributed by atoms with Crippen LogP contribution >= 0.6 is 0 Å². The molecule has 0 bridgehead atoms. The number of hydrogen-bond acceptors (Lipinski definition) is 2. The molecular formula is C8H9NO. The van der Waals surface area contributed by atoms with E-state index in [2.05, 4.69) is 17.1 Å². The Morgan fingerprint density at radius 1 is 1.40 bits per heavy atom. The van der Waals surface area contributed by atoms with Gasteiger partial charge in [0.05, 0.1) is 12.5 Å². The number of aliphatic imine (C=N–C) groups is 1. The van der Waals surface area contributed by atoms with Crippen molar-refractivity contribution in [2.75, 3.05) is 13.2 Å². The van der Waals surface area contributed by atoms with E-state index in [1.54, 1.807) is 0 Å². The zero-order valence-electron chi connectivity index (χ0n) is 5.66. The van der Waals surface area contributed by atoms with Gasteiger partial charge in [0.15, 0.2) is 5.90 Å². The van der Waals surface area contributed by atoms with Gasteiger partial charge in [-0.25, -0.2) is 0 Å². The first-order valence-electron chi connectivity index (χ1n) is 3.49. The van der Waals surface area contributed by atoms with Crippen LogP contribution in [0.3, 0.4) is 0 Å². The van der Waals surface area contributed by atoms with Gasteiger partial charge in [-0.2, -0.15) is 0 Å². The highest BCUT2D eigenvalue weighted by Gasteiger charge is 2.16. The van der Waals surface area contributed by atoms with Gasteiger partial charge in [0.1, 0.15) is 6.61 Å². The third-order valence-corrected chi connectivity index (χ3v) is 1.64. The normalized spacial score (nSPS) is 23.4. The maximum atomic E-state index is 5.28. The molecule has 0 fully saturated rings. The van der Waals surface area contributed by atoms with Gasteiger partial charge in [-0.3, -0.25) is 4.99 Å². The predicted molar refractivity (Wildman–Crippen MR) is 40.0 cm³/mol. The number of allylic oxidation sites excluding steroid dienone is 2. The quantitative estimate of drug-likeness (QED) is 0.528. The molecule has 52 valence electrons. The second-order valence-corrected chi connectivity index (χ2v) is 2.36. The molecule has 2 heteroatoms. The van der Waals surface area contributed by atoms with Crippen molar-refractivity contribution in [1.29, 1.82) is 0 Å². The maximum absolute atomic E-state index is 5.28. The summed E-state index contributed by atoms with van der Waals surface area (Å²) in [6.45, 7) is 1.58. The maximum Gasteiger partial charge on any atom is 0.194 e. The zero-order valence-corrected chi connectivity index (χ0v) is 5.66. The Kier molecular flexibility index (Phi) is 1.31. The van der Waals surface area contributed by atoms with Crippen LogP contribution in [0, 0.1) is 5.92 Å². The molecule has 0 saturated heterocycles. The third-order valence-electron chi connectivity index (χ3n) is 1.64. The van der Waals surface area contributed by atoms with Crippen molar-refractivity contribution in [3.8, 4) is 0 Å². The van der Waals surface area contributed by atoms with Crippen molar-refractivity contribution in [3.05, 3.63) is 24.3 Å². The fourth-order valence-electron chi connectivity index (χ4n) is 1.15. The molecule has 0 aromatic heterocycles. The lowest BCUT2D eigenvalue weighted by Crippen LogP contribution is -2.08. The zero-order chi connectivity index (χ0) is 6.81. The van der Waals surface area contributed by atoms with Gasteiger partial charge in [0, 0.05) is 0 Å². The molecule has 2 rings (SSSR count). The Balaban J connectivity index is 2.11. The van der Waals surface area contributed by atoms with E-state index in [1.807, 2.05) is 12.2 Å². The van der Waals surface area contributed by atoms with Crippen LogP contribution in [0.1, 0.15) is 0 Å². The SMILES string of the molecule is C1=CC(C2=NCCO2)C=C1. The molecular weight excluding hydrogens is 126 g/mol. The Bertz CT molecular complexity index is 203. The Morgan fingerprint density at radius 3 is 2.80 bits per heavy atom. The molecule has 0 unspecified atom stereocenters. The van der Waals surface area contributed by atoms with Gasteiger partial charge in [0.25, 0.3) is 0 Å². The van der Waals surface area contributed by atoms with Crippen LogP contribution in [-0.2, 0) is 4.74 Å². The molecule has 0 atom stereocenters. The molecule has 10 heavy (non-hydrogen) atoms. The van der Waals surface area contributed by atoms with E-state index in [4.69, 9.17) is 4.74 Å². The summed E-state index contributed by atoms with van der Waals surface area (Å²) in [5.41, 5.74) is 0. The van der Waals surface area contributed by atoms with Crippen LogP contribution in [0.4, 0.5) is 0 Å². The number of nitrogens with zero attached hydrogens (tertiary/aromatic N) is 1. The van der Waals surface area contributed by atoms with E-state index in [-0.39, 0.29) is 0 Å². The second kappa shape index (κ2) is 2.29. The summed E-state index contributed by atoms with van der Waals surface area (Å²) in [6.07, 6.45) is 8.22. The number of hydrogen-bond donors (Lipinski definition) is 0. The van der Waals surface area contributed by atoms with Crippen LogP contribution in [0.25, 0.3) is 0 Å². The molecule has 0 amide bonds. The molecule has 1 aliphatic heterocycles. The second-order valence-electron chi connectivity index (χ2n) is 2.36. The molecule has 0 radical (unpaired) electrons. The smallest absolute Gasteiger partial charge is 0.194 e. The van der Waals surface area contributed by atoms with Crippen LogP contribution in [0.15, 0.2) is 29.3 Å². The predicted octanol–water partition coefficient (Wildman–Crippen LogP) is 1.16. The number of rotatable bonds is 1. The standard InChI is InChI=1S/C8H9NO/c1-2-4-7(3-1)8-9-5-6-10-8/h1-4,7H,5-6H2. The monoisotopic (exact) mass is 135 g/mol. The average Bonchev–Trinajstić information content (AvgIpc) is 2.59. The van der Waals surface area contributed by atoms with E-state index < -0.39 is 0 Å². The lowest BCUT2D eigenvalue weighted by molar-refractivity contribution is 0.335. The van der Waals surface area contributed by atoms with Gasteiger partial charge in [-0.05, 0) is 0 Å². The largest absolute Gasteiger partial charge is 0.478 e. The fourth-order valence-corrected chi connectivity index (χ4v) is 1.15. The third kappa shape index (κ3) is 0.856. The van der Waals surface area contributed by atoms with Gasteiger partial charge in [-0.1, -0.05) is 24.3 Å². The van der Waals surface area contributed by atoms with E-state index in [1.165, 1.54) is 0 Å². The molecule has 0 saturated carbocycles. The molecule has 0 N–H and O–H groups in total. The van der Waals surface area contributed by atoms with Crippen LogP contribution in [-0.4, -0.2) is 19.0 Å². The van der Waals surface area contributed by atoms with Crippen LogP contribution < -0.4 is 0 Å². The van der Waals surface area contributed by atoms with Gasteiger partial charge < -0.3 is 4.74 Å². The Labute approximate surface area is 59.9 Å². The Hall–Kier alpha value is -1.05. The van der Waals surface area contributed by atoms with E-state index in [0.717, 1.165) is 19.0 Å². The van der Waals surface area contributed by atoms with Crippen molar-refractivity contribution in [1.82, 2.24) is 0 Å². The van der Waals surface area contributed by atoms with Gasteiger partial charge in [-0.15, -0.1) is 0 Å². The molecule has 2 aliphatic rings.